The third-order valence-corrected chi connectivity index (χ3v) is 4.80. The highest BCUT2D eigenvalue weighted by Gasteiger charge is 2.29. The van der Waals surface area contributed by atoms with Gasteiger partial charge in [-0.1, -0.05) is 6.07 Å². The van der Waals surface area contributed by atoms with Crippen molar-refractivity contribution in [3.63, 3.8) is 0 Å². The molecular formula is C21H23N7O. The second kappa shape index (κ2) is 8.64. The first-order chi connectivity index (χ1) is 14.2. The Morgan fingerprint density at radius 2 is 2.21 bits per heavy atom. The number of H-pyrrole nitrogens is 1. The monoisotopic (exact) mass is 389 g/mol. The van der Waals surface area contributed by atoms with E-state index in [0.717, 1.165) is 36.5 Å². The Bertz CT molecular complexity index is 986. The third-order valence-electron chi connectivity index (χ3n) is 4.80. The van der Waals surface area contributed by atoms with Crippen LogP contribution < -0.4 is 5.32 Å². The molecule has 0 radical (unpaired) electrons. The zero-order valence-corrected chi connectivity index (χ0v) is 16.2. The fraction of sp³-hybridized carbons (Fsp3) is 0.286. The average Bonchev–Trinajstić information content (AvgIpc) is 3.26. The van der Waals surface area contributed by atoms with Crippen molar-refractivity contribution in [2.75, 3.05) is 11.9 Å². The molecule has 0 saturated carbocycles. The summed E-state index contributed by atoms with van der Waals surface area (Å²) in [5.41, 5.74) is 1.64. The number of hydrogen-bond donors (Lipinski definition) is 2. The normalized spacial score (nSPS) is 16.9. The van der Waals surface area contributed by atoms with Crippen LogP contribution >= 0.6 is 0 Å². The van der Waals surface area contributed by atoms with Crippen LogP contribution in [0.3, 0.4) is 0 Å². The molecule has 1 amide bonds. The lowest BCUT2D eigenvalue weighted by molar-refractivity contribution is -0.129. The Labute approximate surface area is 169 Å². The summed E-state index contributed by atoms with van der Waals surface area (Å²) < 4.78 is 0. The summed E-state index contributed by atoms with van der Waals surface area (Å²) in [6, 6.07) is 7.40. The topological polar surface area (TPSA) is 99.7 Å². The summed E-state index contributed by atoms with van der Waals surface area (Å²) in [6.45, 7) is 2.62. The van der Waals surface area contributed by atoms with Gasteiger partial charge in [0.05, 0.1) is 24.3 Å². The maximum absolute atomic E-state index is 12.9. The largest absolute Gasteiger partial charge is 0.345 e. The minimum absolute atomic E-state index is 0.0476. The summed E-state index contributed by atoms with van der Waals surface area (Å²) in [7, 11) is 0. The van der Waals surface area contributed by atoms with E-state index >= 15 is 0 Å². The predicted molar refractivity (Wildman–Crippen MR) is 110 cm³/mol. The van der Waals surface area contributed by atoms with Crippen LogP contribution in [0.2, 0.25) is 0 Å². The van der Waals surface area contributed by atoms with E-state index in [1.54, 1.807) is 30.9 Å². The van der Waals surface area contributed by atoms with Gasteiger partial charge in [-0.15, -0.1) is 0 Å². The number of piperidine rings is 1. The van der Waals surface area contributed by atoms with Crippen LogP contribution in [-0.4, -0.2) is 42.3 Å². The number of pyridine rings is 1. The first kappa shape index (κ1) is 18.8. The second-order valence-electron chi connectivity index (χ2n) is 6.98. The molecule has 3 aromatic heterocycles. The number of carbonyl (C=O) groups excluding carboxylic acids is 1. The molecule has 3 aromatic rings. The van der Waals surface area contributed by atoms with Crippen LogP contribution in [0.1, 0.15) is 42.5 Å². The maximum Gasteiger partial charge on any atom is 0.247 e. The molecule has 1 aliphatic heterocycles. The molecule has 29 heavy (non-hydrogen) atoms. The highest BCUT2D eigenvalue weighted by atomic mass is 16.2. The summed E-state index contributed by atoms with van der Waals surface area (Å²) in [4.78, 5) is 35.3. The van der Waals surface area contributed by atoms with E-state index in [1.165, 1.54) is 0 Å². The highest BCUT2D eigenvalue weighted by Crippen LogP contribution is 2.30. The van der Waals surface area contributed by atoms with Gasteiger partial charge >= 0.3 is 0 Å². The zero-order chi connectivity index (χ0) is 20.1. The van der Waals surface area contributed by atoms with Gasteiger partial charge in [-0.3, -0.25) is 4.79 Å². The van der Waals surface area contributed by atoms with Gasteiger partial charge in [0.1, 0.15) is 11.6 Å². The van der Waals surface area contributed by atoms with Crippen molar-refractivity contribution in [1.29, 1.82) is 0 Å². The fourth-order valence-electron chi connectivity index (χ4n) is 3.45. The van der Waals surface area contributed by atoms with Crippen molar-refractivity contribution in [3.05, 3.63) is 66.3 Å². The van der Waals surface area contributed by atoms with E-state index in [9.17, 15) is 4.79 Å². The van der Waals surface area contributed by atoms with Crippen LogP contribution in [-0.2, 0) is 4.79 Å². The van der Waals surface area contributed by atoms with Crippen LogP contribution in [0.25, 0.3) is 6.08 Å². The van der Waals surface area contributed by atoms with E-state index in [0.29, 0.717) is 18.2 Å². The van der Waals surface area contributed by atoms with Crippen molar-refractivity contribution in [3.8, 4) is 0 Å². The molecule has 2 N–H and O–H groups in total. The maximum atomic E-state index is 12.9. The minimum Gasteiger partial charge on any atom is -0.345 e. The number of carbonyl (C=O) groups is 1. The molecule has 1 aliphatic rings. The predicted octanol–water partition coefficient (Wildman–Crippen LogP) is 3.41. The zero-order valence-electron chi connectivity index (χ0n) is 16.2. The number of likely N-dealkylation sites (tertiary alicyclic amines) is 1. The Morgan fingerprint density at radius 3 is 3.00 bits per heavy atom. The van der Waals surface area contributed by atoms with Gasteiger partial charge in [0.15, 0.2) is 5.82 Å². The smallest absolute Gasteiger partial charge is 0.247 e. The van der Waals surface area contributed by atoms with Gasteiger partial charge in [0.25, 0.3) is 0 Å². The van der Waals surface area contributed by atoms with Crippen molar-refractivity contribution >= 4 is 23.6 Å². The molecule has 0 spiro atoms. The van der Waals surface area contributed by atoms with E-state index in [2.05, 4.69) is 25.3 Å². The molecule has 4 rings (SSSR count). The lowest BCUT2D eigenvalue weighted by Gasteiger charge is -2.34. The summed E-state index contributed by atoms with van der Waals surface area (Å²) in [5, 5.41) is 3.22. The molecule has 148 valence electrons. The number of aromatic amines is 1. The number of anilines is 2. The molecule has 0 aromatic carbocycles. The van der Waals surface area contributed by atoms with Crippen molar-refractivity contribution < 1.29 is 4.79 Å². The second-order valence-corrected chi connectivity index (χ2v) is 6.98. The molecule has 0 aliphatic carbocycles. The van der Waals surface area contributed by atoms with Crippen LogP contribution in [0.4, 0.5) is 11.6 Å². The van der Waals surface area contributed by atoms with Gasteiger partial charge in [-0.05, 0) is 44.4 Å². The Kier molecular flexibility index (Phi) is 5.60. The standard InChI is InChI=1S/C21H23N7O/c1-15-12-19(26-18-7-2-4-10-23-18)27-21(25-15)17-6-3-5-11-28(17)20(29)9-8-16-13-22-14-24-16/h2,4,7-10,12-14,17H,3,5-6,11H2,1H3,(H,22,24)(H,23,25,26,27)/b9-8+. The molecule has 1 saturated heterocycles. The fourth-order valence-corrected chi connectivity index (χ4v) is 3.45. The SMILES string of the molecule is Cc1cc(Nc2ccccn2)nc(C2CCCCN2C(=O)/C=C/c2cnc[nH]2)n1. The van der Waals surface area contributed by atoms with Crippen LogP contribution in [0, 0.1) is 6.92 Å². The van der Waals surface area contributed by atoms with E-state index < -0.39 is 0 Å². The van der Waals surface area contributed by atoms with E-state index in [-0.39, 0.29) is 11.9 Å². The molecular weight excluding hydrogens is 366 g/mol. The van der Waals surface area contributed by atoms with E-state index in [4.69, 9.17) is 4.98 Å². The first-order valence-electron chi connectivity index (χ1n) is 9.70. The first-order valence-corrected chi connectivity index (χ1v) is 9.70. The number of aryl methyl sites for hydroxylation is 1. The van der Waals surface area contributed by atoms with Gasteiger partial charge in [-0.25, -0.2) is 19.9 Å². The van der Waals surface area contributed by atoms with E-state index in [1.807, 2.05) is 36.1 Å². The molecule has 8 nitrogen and oxygen atoms in total. The Hall–Kier alpha value is -3.55. The molecule has 1 unspecified atom stereocenters. The molecule has 0 bridgehead atoms. The lowest BCUT2D eigenvalue weighted by Crippen LogP contribution is -2.38. The van der Waals surface area contributed by atoms with Crippen LogP contribution in [0.15, 0.2) is 49.1 Å². The van der Waals surface area contributed by atoms with Gasteiger partial charge in [-0.2, -0.15) is 0 Å². The van der Waals surface area contributed by atoms with Gasteiger partial charge in [0.2, 0.25) is 5.91 Å². The summed E-state index contributed by atoms with van der Waals surface area (Å²) >= 11 is 0. The van der Waals surface area contributed by atoms with Gasteiger partial charge in [0, 0.05) is 30.6 Å². The number of amides is 1. The third kappa shape index (κ3) is 4.66. The molecule has 1 atom stereocenters. The number of rotatable bonds is 5. The van der Waals surface area contributed by atoms with Crippen molar-refractivity contribution in [2.24, 2.45) is 0 Å². The minimum atomic E-state index is -0.146. The highest BCUT2D eigenvalue weighted by molar-refractivity contribution is 5.91. The quantitative estimate of drug-likeness (QED) is 0.649. The van der Waals surface area contributed by atoms with Crippen LogP contribution in [0.5, 0.6) is 0 Å². The summed E-state index contributed by atoms with van der Waals surface area (Å²) in [6.07, 6.45) is 11.2. The molecule has 4 heterocycles. The Balaban J connectivity index is 1.57. The van der Waals surface area contributed by atoms with Gasteiger partial charge < -0.3 is 15.2 Å². The number of aromatic nitrogens is 5. The molecule has 8 heteroatoms. The summed E-state index contributed by atoms with van der Waals surface area (Å²) in [5.74, 6) is 2.01. The van der Waals surface area contributed by atoms with Crippen molar-refractivity contribution in [1.82, 2.24) is 29.8 Å². The average molecular weight is 389 g/mol. The molecule has 1 fully saturated rings. The number of nitrogens with zero attached hydrogens (tertiary/aromatic N) is 5. The Morgan fingerprint density at radius 1 is 1.28 bits per heavy atom. The lowest BCUT2D eigenvalue weighted by atomic mass is 10.0. The number of hydrogen-bond acceptors (Lipinski definition) is 6. The number of imidazole rings is 1. The van der Waals surface area contributed by atoms with Crippen molar-refractivity contribution in [2.45, 2.75) is 32.2 Å². The number of nitrogens with one attached hydrogen (secondary N) is 2.